The van der Waals surface area contributed by atoms with Gasteiger partial charge in [-0.3, -0.25) is 4.79 Å². The number of nitrogens with zero attached hydrogens (tertiary/aromatic N) is 1. The van der Waals surface area contributed by atoms with Crippen LogP contribution in [0.4, 0.5) is 0 Å². The summed E-state index contributed by atoms with van der Waals surface area (Å²) in [5.74, 6) is -0.621. The summed E-state index contributed by atoms with van der Waals surface area (Å²) in [6.07, 6.45) is 1.40. The molecular weight excluding hydrogens is 374 g/mol. The number of benzene rings is 1. The van der Waals surface area contributed by atoms with Crippen molar-refractivity contribution in [1.82, 2.24) is 15.3 Å². The second kappa shape index (κ2) is 8.56. The molecule has 148 valence electrons. The number of ether oxygens (including phenoxy) is 1. The molecule has 0 fully saturated rings. The molecule has 0 saturated heterocycles. The first-order chi connectivity index (χ1) is 13.4. The van der Waals surface area contributed by atoms with Gasteiger partial charge in [-0.25, -0.2) is 9.78 Å². The number of aromatic amines is 1. The maximum Gasteiger partial charge on any atom is 0.340 e. The predicted molar refractivity (Wildman–Crippen MR) is 111 cm³/mol. The van der Waals surface area contributed by atoms with Crippen molar-refractivity contribution in [2.75, 3.05) is 6.54 Å². The number of para-hydroxylation sites is 1. The van der Waals surface area contributed by atoms with Gasteiger partial charge in [-0.05, 0) is 51.8 Å². The zero-order chi connectivity index (χ0) is 20.3. The van der Waals surface area contributed by atoms with E-state index in [1.807, 2.05) is 18.2 Å². The highest BCUT2D eigenvalue weighted by molar-refractivity contribution is 7.18. The fourth-order valence-corrected chi connectivity index (χ4v) is 4.12. The monoisotopic (exact) mass is 399 g/mol. The Morgan fingerprint density at radius 2 is 2.00 bits per heavy atom. The minimum absolute atomic E-state index is 0.207. The number of thiazole rings is 1. The topological polar surface area (TPSA) is 84.1 Å². The molecule has 0 spiro atoms. The van der Waals surface area contributed by atoms with E-state index < -0.39 is 5.97 Å². The third-order valence-electron chi connectivity index (χ3n) is 4.40. The van der Waals surface area contributed by atoms with Crippen LogP contribution in [-0.4, -0.2) is 34.5 Å². The van der Waals surface area contributed by atoms with E-state index in [0.29, 0.717) is 29.1 Å². The van der Waals surface area contributed by atoms with E-state index in [2.05, 4.69) is 21.4 Å². The second-order valence-corrected chi connectivity index (χ2v) is 8.13. The van der Waals surface area contributed by atoms with Gasteiger partial charge in [0.2, 0.25) is 0 Å². The summed E-state index contributed by atoms with van der Waals surface area (Å²) in [4.78, 5) is 32.4. The molecule has 28 heavy (non-hydrogen) atoms. The Kier molecular flexibility index (Phi) is 6.14. The van der Waals surface area contributed by atoms with Crippen LogP contribution in [0.1, 0.15) is 57.4 Å². The number of aryl methyl sites for hydroxylation is 2. The SMILES string of the molecule is Cc1[nH]c(C(=O)NCCCc2nc3ccccc3s2)c(C)c1C(=O)OC(C)C. The minimum atomic E-state index is -0.406. The normalized spacial score (nSPS) is 11.2. The number of H-pyrrole nitrogens is 1. The van der Waals surface area contributed by atoms with E-state index in [0.717, 1.165) is 23.4 Å². The van der Waals surface area contributed by atoms with Crippen molar-refractivity contribution in [3.05, 3.63) is 51.8 Å². The molecule has 0 radical (unpaired) electrons. The molecule has 0 aliphatic rings. The van der Waals surface area contributed by atoms with Gasteiger partial charge >= 0.3 is 5.97 Å². The van der Waals surface area contributed by atoms with Crippen molar-refractivity contribution in [2.24, 2.45) is 0 Å². The minimum Gasteiger partial charge on any atom is -0.459 e. The summed E-state index contributed by atoms with van der Waals surface area (Å²) < 4.78 is 6.45. The third-order valence-corrected chi connectivity index (χ3v) is 5.50. The van der Waals surface area contributed by atoms with Gasteiger partial charge < -0.3 is 15.0 Å². The lowest BCUT2D eigenvalue weighted by Gasteiger charge is -2.08. The molecule has 2 aromatic heterocycles. The summed E-state index contributed by atoms with van der Waals surface area (Å²) >= 11 is 1.69. The Bertz CT molecular complexity index is 971. The molecule has 0 aliphatic carbocycles. The first-order valence-corrected chi connectivity index (χ1v) is 10.2. The standard InChI is InChI=1S/C21H25N3O3S/c1-12(2)27-21(26)18-13(3)19(23-14(18)4)20(25)22-11-7-10-17-24-15-8-5-6-9-16(15)28-17/h5-6,8-9,12,23H,7,10-11H2,1-4H3,(H,22,25). The van der Waals surface area contributed by atoms with Crippen LogP contribution in [0, 0.1) is 13.8 Å². The molecule has 3 aromatic rings. The lowest BCUT2D eigenvalue weighted by Crippen LogP contribution is -2.26. The van der Waals surface area contributed by atoms with E-state index in [4.69, 9.17) is 4.74 Å². The van der Waals surface area contributed by atoms with Gasteiger partial charge in [0.15, 0.2) is 0 Å². The van der Waals surface area contributed by atoms with Crippen LogP contribution in [0.15, 0.2) is 24.3 Å². The summed E-state index contributed by atoms with van der Waals surface area (Å²) in [5.41, 5.74) is 3.13. The molecule has 0 unspecified atom stereocenters. The predicted octanol–water partition coefficient (Wildman–Crippen LogP) is 4.17. The average Bonchev–Trinajstić information content (AvgIpc) is 3.18. The molecule has 1 amide bonds. The molecule has 0 aliphatic heterocycles. The number of nitrogens with one attached hydrogen (secondary N) is 2. The van der Waals surface area contributed by atoms with Crippen LogP contribution in [0.5, 0.6) is 0 Å². The molecule has 6 nitrogen and oxygen atoms in total. The van der Waals surface area contributed by atoms with Gasteiger partial charge in [0.05, 0.1) is 26.9 Å². The van der Waals surface area contributed by atoms with Gasteiger partial charge in [0, 0.05) is 18.7 Å². The zero-order valence-corrected chi connectivity index (χ0v) is 17.4. The Labute approximate surface area is 168 Å². The van der Waals surface area contributed by atoms with Gasteiger partial charge in [-0.15, -0.1) is 11.3 Å². The quantitative estimate of drug-likeness (QED) is 0.461. The van der Waals surface area contributed by atoms with Gasteiger partial charge in [0.25, 0.3) is 5.91 Å². The number of aromatic nitrogens is 2. The van der Waals surface area contributed by atoms with E-state index in [9.17, 15) is 9.59 Å². The average molecular weight is 400 g/mol. The van der Waals surface area contributed by atoms with E-state index in [1.165, 1.54) is 4.70 Å². The van der Waals surface area contributed by atoms with Crippen LogP contribution in [0.3, 0.4) is 0 Å². The van der Waals surface area contributed by atoms with Gasteiger partial charge in [0.1, 0.15) is 5.69 Å². The van der Waals surface area contributed by atoms with E-state index >= 15 is 0 Å². The van der Waals surface area contributed by atoms with Crippen LogP contribution in [0.2, 0.25) is 0 Å². The Morgan fingerprint density at radius 3 is 2.71 bits per heavy atom. The summed E-state index contributed by atoms with van der Waals surface area (Å²) in [7, 11) is 0. The highest BCUT2D eigenvalue weighted by Crippen LogP contribution is 2.22. The highest BCUT2D eigenvalue weighted by atomic mass is 32.1. The molecule has 7 heteroatoms. The number of carbonyl (C=O) groups excluding carboxylic acids is 2. The fraction of sp³-hybridized carbons (Fsp3) is 0.381. The number of rotatable bonds is 7. The lowest BCUT2D eigenvalue weighted by atomic mass is 10.1. The molecule has 0 atom stereocenters. The van der Waals surface area contributed by atoms with E-state index in [-0.39, 0.29) is 12.0 Å². The number of fused-ring (bicyclic) bond motifs is 1. The van der Waals surface area contributed by atoms with Crippen LogP contribution in [-0.2, 0) is 11.2 Å². The maximum absolute atomic E-state index is 12.5. The van der Waals surface area contributed by atoms with Crippen molar-refractivity contribution >= 4 is 33.4 Å². The Balaban J connectivity index is 1.57. The molecular formula is C21H25N3O3S. The van der Waals surface area contributed by atoms with Gasteiger partial charge in [-0.2, -0.15) is 0 Å². The van der Waals surface area contributed by atoms with Gasteiger partial charge in [-0.1, -0.05) is 12.1 Å². The summed E-state index contributed by atoms with van der Waals surface area (Å²) in [5, 5.41) is 3.99. The van der Waals surface area contributed by atoms with Crippen molar-refractivity contribution in [3.8, 4) is 0 Å². The largest absolute Gasteiger partial charge is 0.459 e. The molecule has 2 heterocycles. The van der Waals surface area contributed by atoms with Crippen molar-refractivity contribution in [3.63, 3.8) is 0 Å². The third kappa shape index (κ3) is 4.42. The highest BCUT2D eigenvalue weighted by Gasteiger charge is 2.23. The second-order valence-electron chi connectivity index (χ2n) is 7.01. The maximum atomic E-state index is 12.5. The fourth-order valence-electron chi connectivity index (χ4n) is 3.11. The lowest BCUT2D eigenvalue weighted by molar-refractivity contribution is 0.0376. The smallest absolute Gasteiger partial charge is 0.340 e. The molecule has 3 rings (SSSR count). The first-order valence-electron chi connectivity index (χ1n) is 9.39. The zero-order valence-electron chi connectivity index (χ0n) is 16.6. The molecule has 1 aromatic carbocycles. The number of hydrogen-bond acceptors (Lipinski definition) is 5. The van der Waals surface area contributed by atoms with Crippen molar-refractivity contribution < 1.29 is 14.3 Å². The number of hydrogen-bond donors (Lipinski definition) is 2. The van der Waals surface area contributed by atoms with Crippen LogP contribution >= 0.6 is 11.3 Å². The molecule has 0 bridgehead atoms. The summed E-state index contributed by atoms with van der Waals surface area (Å²) in [6, 6.07) is 8.07. The van der Waals surface area contributed by atoms with Crippen LogP contribution in [0.25, 0.3) is 10.2 Å². The molecule has 2 N–H and O–H groups in total. The Morgan fingerprint density at radius 1 is 1.25 bits per heavy atom. The number of esters is 1. The first kappa shape index (κ1) is 20.1. The Hall–Kier alpha value is -2.67. The number of amides is 1. The van der Waals surface area contributed by atoms with E-state index in [1.54, 1.807) is 39.0 Å². The number of carbonyl (C=O) groups is 2. The molecule has 0 saturated carbocycles. The van der Waals surface area contributed by atoms with Crippen LogP contribution < -0.4 is 5.32 Å². The van der Waals surface area contributed by atoms with Crippen molar-refractivity contribution in [2.45, 2.75) is 46.6 Å². The summed E-state index contributed by atoms with van der Waals surface area (Å²) in [6.45, 7) is 7.67. The van der Waals surface area contributed by atoms with Crippen molar-refractivity contribution in [1.29, 1.82) is 0 Å².